The van der Waals surface area contributed by atoms with Crippen LogP contribution in [-0.4, -0.2) is 30.7 Å². The summed E-state index contributed by atoms with van der Waals surface area (Å²) in [7, 11) is -3.66. The number of aliphatic hydroxyl groups is 1. The maximum atomic E-state index is 12.4. The van der Waals surface area contributed by atoms with Gasteiger partial charge in [-0.05, 0) is 50.6 Å². The topological polar surface area (TPSA) is 79.3 Å². The van der Waals surface area contributed by atoms with E-state index in [0.717, 1.165) is 0 Å². The van der Waals surface area contributed by atoms with Gasteiger partial charge in [-0.3, -0.25) is 0 Å². The number of halogens is 1. The second-order valence-corrected chi connectivity index (χ2v) is 7.52. The molecule has 0 atom stereocenters. The van der Waals surface area contributed by atoms with Gasteiger partial charge in [0.25, 0.3) is 0 Å². The summed E-state index contributed by atoms with van der Waals surface area (Å²) in [5.74, 6) is 0. The Morgan fingerprint density at radius 1 is 1.29 bits per heavy atom. The monoisotopic (exact) mass is 328 g/mol. The van der Waals surface area contributed by atoms with E-state index in [9.17, 15) is 8.42 Å². The third kappa shape index (κ3) is 3.91. The quantitative estimate of drug-likeness (QED) is 0.826. The number of nitrogens with zero attached hydrogens (tertiary/aromatic N) is 1. The van der Waals surface area contributed by atoms with E-state index >= 15 is 0 Å². The standard InChI is InChI=1S/C14H17ClN2O3S/c1-14(2,7-8-18)17-21(19,20)11-4-5-12-10(9-11)3-6-13(15)16-12/h3-6,9,17-18H,7-8H2,1-2H3. The summed E-state index contributed by atoms with van der Waals surface area (Å²) in [6, 6.07) is 8.00. The van der Waals surface area contributed by atoms with Gasteiger partial charge in [-0.2, -0.15) is 0 Å². The van der Waals surface area contributed by atoms with Crippen molar-refractivity contribution in [3.63, 3.8) is 0 Å². The van der Waals surface area contributed by atoms with Crippen molar-refractivity contribution < 1.29 is 13.5 Å². The summed E-state index contributed by atoms with van der Waals surface area (Å²) in [6.45, 7) is 3.36. The van der Waals surface area contributed by atoms with Crippen molar-refractivity contribution in [2.24, 2.45) is 0 Å². The molecular weight excluding hydrogens is 312 g/mol. The minimum Gasteiger partial charge on any atom is -0.396 e. The first-order valence-electron chi connectivity index (χ1n) is 6.45. The minimum atomic E-state index is -3.66. The molecule has 0 aliphatic carbocycles. The number of hydrogen-bond acceptors (Lipinski definition) is 4. The lowest BCUT2D eigenvalue weighted by Crippen LogP contribution is -2.43. The number of rotatable bonds is 5. The molecule has 1 aromatic heterocycles. The highest BCUT2D eigenvalue weighted by molar-refractivity contribution is 7.89. The van der Waals surface area contributed by atoms with Gasteiger partial charge in [-0.1, -0.05) is 11.6 Å². The molecule has 0 spiro atoms. The Labute approximate surface area is 129 Å². The molecule has 0 bridgehead atoms. The van der Waals surface area contributed by atoms with Crippen LogP contribution < -0.4 is 4.72 Å². The van der Waals surface area contributed by atoms with E-state index in [4.69, 9.17) is 16.7 Å². The van der Waals surface area contributed by atoms with E-state index in [2.05, 4.69) is 9.71 Å². The first-order chi connectivity index (χ1) is 9.73. The summed E-state index contributed by atoms with van der Waals surface area (Å²) in [4.78, 5) is 4.28. The van der Waals surface area contributed by atoms with Crippen molar-refractivity contribution in [3.05, 3.63) is 35.5 Å². The minimum absolute atomic E-state index is 0.0876. The Kier molecular flexibility index (Phi) is 4.53. The molecule has 0 saturated heterocycles. The van der Waals surface area contributed by atoms with E-state index in [1.54, 1.807) is 38.1 Å². The molecule has 0 aliphatic heterocycles. The molecule has 0 fully saturated rings. The van der Waals surface area contributed by atoms with Gasteiger partial charge < -0.3 is 5.11 Å². The Bertz CT molecular complexity index is 760. The van der Waals surface area contributed by atoms with Crippen LogP contribution in [0.25, 0.3) is 10.9 Å². The van der Waals surface area contributed by atoms with Crippen LogP contribution in [0.1, 0.15) is 20.3 Å². The van der Waals surface area contributed by atoms with Crippen molar-refractivity contribution in [1.29, 1.82) is 0 Å². The van der Waals surface area contributed by atoms with Crippen molar-refractivity contribution >= 4 is 32.5 Å². The SMILES string of the molecule is CC(C)(CCO)NS(=O)(=O)c1ccc2nc(Cl)ccc2c1. The van der Waals surface area contributed by atoms with E-state index in [1.165, 1.54) is 6.07 Å². The molecule has 5 nitrogen and oxygen atoms in total. The lowest BCUT2D eigenvalue weighted by Gasteiger charge is -2.25. The molecule has 2 aromatic rings. The Morgan fingerprint density at radius 2 is 2.00 bits per heavy atom. The lowest BCUT2D eigenvalue weighted by atomic mass is 10.0. The molecule has 1 aromatic carbocycles. The van der Waals surface area contributed by atoms with Crippen LogP contribution in [0.2, 0.25) is 5.15 Å². The van der Waals surface area contributed by atoms with E-state index in [-0.39, 0.29) is 11.5 Å². The van der Waals surface area contributed by atoms with Gasteiger partial charge in [0, 0.05) is 17.5 Å². The second-order valence-electron chi connectivity index (χ2n) is 5.45. The van der Waals surface area contributed by atoms with Crippen LogP contribution in [0, 0.1) is 0 Å². The molecule has 7 heteroatoms. The van der Waals surface area contributed by atoms with Crippen LogP contribution in [0.15, 0.2) is 35.2 Å². The van der Waals surface area contributed by atoms with E-state index in [0.29, 0.717) is 22.5 Å². The number of pyridine rings is 1. The highest BCUT2D eigenvalue weighted by atomic mass is 35.5. The lowest BCUT2D eigenvalue weighted by molar-refractivity contribution is 0.246. The maximum Gasteiger partial charge on any atom is 0.241 e. The van der Waals surface area contributed by atoms with Crippen LogP contribution in [0.4, 0.5) is 0 Å². The van der Waals surface area contributed by atoms with E-state index < -0.39 is 15.6 Å². The normalized spacial score (nSPS) is 12.8. The number of aliphatic hydroxyl groups excluding tert-OH is 1. The van der Waals surface area contributed by atoms with Gasteiger partial charge in [0.15, 0.2) is 0 Å². The molecule has 2 N–H and O–H groups in total. The first-order valence-corrected chi connectivity index (χ1v) is 8.31. The number of hydrogen-bond donors (Lipinski definition) is 2. The Balaban J connectivity index is 2.38. The number of aromatic nitrogens is 1. The molecule has 0 aliphatic rings. The van der Waals surface area contributed by atoms with Crippen molar-refractivity contribution in [2.75, 3.05) is 6.61 Å². The molecule has 2 rings (SSSR count). The molecule has 0 unspecified atom stereocenters. The smallest absolute Gasteiger partial charge is 0.241 e. The fraction of sp³-hybridized carbons (Fsp3) is 0.357. The van der Waals surface area contributed by atoms with Crippen molar-refractivity contribution in [2.45, 2.75) is 30.7 Å². The summed E-state index contributed by atoms with van der Waals surface area (Å²) >= 11 is 5.80. The molecule has 0 amide bonds. The largest absolute Gasteiger partial charge is 0.396 e. The van der Waals surface area contributed by atoms with Crippen LogP contribution in [-0.2, 0) is 10.0 Å². The molecule has 1 heterocycles. The number of fused-ring (bicyclic) bond motifs is 1. The van der Waals surface area contributed by atoms with Gasteiger partial charge in [0.2, 0.25) is 10.0 Å². The summed E-state index contributed by atoms with van der Waals surface area (Å²) in [5.41, 5.74) is -0.0862. The van der Waals surface area contributed by atoms with E-state index in [1.807, 2.05) is 0 Å². The molecular formula is C14H17ClN2O3S. The summed E-state index contributed by atoms with van der Waals surface area (Å²) in [6.07, 6.45) is 0.330. The van der Waals surface area contributed by atoms with Gasteiger partial charge in [-0.15, -0.1) is 0 Å². The fourth-order valence-corrected chi connectivity index (χ4v) is 3.63. The molecule has 21 heavy (non-hydrogen) atoms. The first kappa shape index (κ1) is 16.2. The Morgan fingerprint density at radius 3 is 2.67 bits per heavy atom. The third-order valence-electron chi connectivity index (χ3n) is 3.08. The summed E-state index contributed by atoms with van der Waals surface area (Å²) < 4.78 is 27.4. The zero-order valence-electron chi connectivity index (χ0n) is 11.8. The van der Waals surface area contributed by atoms with Crippen molar-refractivity contribution in [3.8, 4) is 0 Å². The number of nitrogens with one attached hydrogen (secondary N) is 1. The van der Waals surface area contributed by atoms with Gasteiger partial charge in [0.1, 0.15) is 5.15 Å². The van der Waals surface area contributed by atoms with Gasteiger partial charge in [-0.25, -0.2) is 18.1 Å². The number of benzene rings is 1. The second kappa shape index (κ2) is 5.88. The predicted octanol–water partition coefficient (Wildman–Crippen LogP) is 2.33. The third-order valence-corrected chi connectivity index (χ3v) is 4.99. The van der Waals surface area contributed by atoms with Crippen LogP contribution in [0.5, 0.6) is 0 Å². The zero-order valence-corrected chi connectivity index (χ0v) is 13.4. The molecule has 114 valence electrons. The summed E-state index contributed by atoms with van der Waals surface area (Å²) in [5, 5.41) is 10.0. The fourth-order valence-electron chi connectivity index (χ4n) is 2.00. The highest BCUT2D eigenvalue weighted by Crippen LogP contribution is 2.21. The van der Waals surface area contributed by atoms with Gasteiger partial charge in [0.05, 0.1) is 10.4 Å². The predicted molar refractivity (Wildman–Crippen MR) is 82.9 cm³/mol. The zero-order chi connectivity index (χ0) is 15.7. The van der Waals surface area contributed by atoms with Crippen LogP contribution >= 0.6 is 11.6 Å². The van der Waals surface area contributed by atoms with Crippen molar-refractivity contribution in [1.82, 2.24) is 9.71 Å². The molecule has 0 saturated carbocycles. The average molecular weight is 329 g/mol. The average Bonchev–Trinajstić information content (AvgIpc) is 2.36. The van der Waals surface area contributed by atoms with Gasteiger partial charge >= 0.3 is 0 Å². The molecule has 0 radical (unpaired) electrons. The Hall–Kier alpha value is -1.21. The number of sulfonamides is 1. The van der Waals surface area contributed by atoms with Crippen LogP contribution in [0.3, 0.4) is 0 Å². The highest BCUT2D eigenvalue weighted by Gasteiger charge is 2.25. The maximum absolute atomic E-state index is 12.4.